The van der Waals surface area contributed by atoms with Gasteiger partial charge in [0.1, 0.15) is 18.2 Å². The molecular weight excluding hydrogens is 235 g/mol. The summed E-state index contributed by atoms with van der Waals surface area (Å²) in [5, 5.41) is 0. The maximum Gasteiger partial charge on any atom is 0.123 e. The van der Waals surface area contributed by atoms with Crippen LogP contribution in [0.5, 0.6) is 5.75 Å². The molecule has 0 bridgehead atoms. The molecule has 0 aromatic heterocycles. The number of hydrogen-bond donors (Lipinski definition) is 1. The van der Waals surface area contributed by atoms with E-state index in [4.69, 9.17) is 15.2 Å². The van der Waals surface area contributed by atoms with Crippen LogP contribution in [0.4, 0.5) is 4.39 Å². The molecule has 0 heterocycles. The van der Waals surface area contributed by atoms with Gasteiger partial charge in [0.15, 0.2) is 0 Å². The minimum Gasteiger partial charge on any atom is -0.492 e. The quantitative estimate of drug-likeness (QED) is 0.719. The first-order valence-corrected chi connectivity index (χ1v) is 6.06. The lowest BCUT2D eigenvalue weighted by Crippen LogP contribution is -2.35. The van der Waals surface area contributed by atoms with Crippen LogP contribution in [0.1, 0.15) is 0 Å². The molecule has 0 atom stereocenters. The molecule has 0 aliphatic carbocycles. The van der Waals surface area contributed by atoms with Crippen LogP contribution in [0.25, 0.3) is 0 Å². The number of ether oxygens (including phenoxy) is 2. The fourth-order valence-corrected chi connectivity index (χ4v) is 1.56. The van der Waals surface area contributed by atoms with Gasteiger partial charge in [-0.25, -0.2) is 4.39 Å². The second-order valence-electron chi connectivity index (χ2n) is 3.93. The van der Waals surface area contributed by atoms with Crippen molar-refractivity contribution in [1.82, 2.24) is 4.90 Å². The van der Waals surface area contributed by atoms with Crippen LogP contribution in [-0.4, -0.2) is 51.4 Å². The van der Waals surface area contributed by atoms with E-state index in [-0.39, 0.29) is 5.82 Å². The SMILES string of the molecule is COCCN(CCN)CCOc1ccc(F)cc1. The van der Waals surface area contributed by atoms with Crippen molar-refractivity contribution < 1.29 is 13.9 Å². The molecule has 0 unspecified atom stereocenters. The summed E-state index contributed by atoms with van der Waals surface area (Å²) in [7, 11) is 1.68. The van der Waals surface area contributed by atoms with Crippen LogP contribution in [0.2, 0.25) is 0 Å². The van der Waals surface area contributed by atoms with Crippen molar-refractivity contribution in [2.24, 2.45) is 5.73 Å². The van der Waals surface area contributed by atoms with Crippen molar-refractivity contribution in [3.8, 4) is 5.75 Å². The molecule has 102 valence electrons. The van der Waals surface area contributed by atoms with Crippen molar-refractivity contribution in [1.29, 1.82) is 0 Å². The van der Waals surface area contributed by atoms with E-state index in [9.17, 15) is 4.39 Å². The third-order valence-corrected chi connectivity index (χ3v) is 2.55. The average Bonchev–Trinajstić information content (AvgIpc) is 2.38. The number of nitrogens with two attached hydrogens (primary N) is 1. The van der Waals surface area contributed by atoms with E-state index < -0.39 is 0 Å². The number of halogens is 1. The minimum atomic E-state index is -0.257. The lowest BCUT2D eigenvalue weighted by molar-refractivity contribution is 0.137. The van der Waals surface area contributed by atoms with Crippen LogP contribution in [0.15, 0.2) is 24.3 Å². The van der Waals surface area contributed by atoms with Crippen molar-refractivity contribution in [3.63, 3.8) is 0 Å². The molecule has 0 fully saturated rings. The monoisotopic (exact) mass is 256 g/mol. The van der Waals surface area contributed by atoms with Gasteiger partial charge in [0.2, 0.25) is 0 Å². The number of methoxy groups -OCH3 is 1. The van der Waals surface area contributed by atoms with Gasteiger partial charge in [0, 0.05) is 33.3 Å². The fraction of sp³-hybridized carbons (Fsp3) is 0.538. The Kier molecular flexibility index (Phi) is 7.32. The Bertz CT molecular complexity index is 319. The molecule has 18 heavy (non-hydrogen) atoms. The summed E-state index contributed by atoms with van der Waals surface area (Å²) >= 11 is 0. The first-order valence-electron chi connectivity index (χ1n) is 6.06. The first kappa shape index (κ1) is 14.9. The van der Waals surface area contributed by atoms with E-state index in [0.29, 0.717) is 25.5 Å². The summed E-state index contributed by atoms with van der Waals surface area (Å²) in [6.07, 6.45) is 0. The van der Waals surface area contributed by atoms with Gasteiger partial charge in [-0.1, -0.05) is 0 Å². The van der Waals surface area contributed by atoms with Gasteiger partial charge in [-0.3, -0.25) is 4.90 Å². The highest BCUT2D eigenvalue weighted by Crippen LogP contribution is 2.10. The fourth-order valence-electron chi connectivity index (χ4n) is 1.56. The summed E-state index contributed by atoms with van der Waals surface area (Å²) in [5.74, 6) is 0.419. The largest absolute Gasteiger partial charge is 0.492 e. The Morgan fingerprint density at radius 2 is 1.78 bits per heavy atom. The zero-order valence-corrected chi connectivity index (χ0v) is 10.8. The average molecular weight is 256 g/mol. The number of benzene rings is 1. The topological polar surface area (TPSA) is 47.7 Å². The van der Waals surface area contributed by atoms with Crippen LogP contribution in [-0.2, 0) is 4.74 Å². The van der Waals surface area contributed by atoms with Gasteiger partial charge < -0.3 is 15.2 Å². The van der Waals surface area contributed by atoms with Gasteiger partial charge in [-0.15, -0.1) is 0 Å². The van der Waals surface area contributed by atoms with Gasteiger partial charge in [0.25, 0.3) is 0 Å². The Balaban J connectivity index is 2.26. The molecule has 0 aliphatic rings. The molecule has 2 N–H and O–H groups in total. The predicted octanol–water partition coefficient (Wildman–Crippen LogP) is 1.11. The minimum absolute atomic E-state index is 0.257. The molecule has 0 aliphatic heterocycles. The zero-order valence-electron chi connectivity index (χ0n) is 10.8. The summed E-state index contributed by atoms with van der Waals surface area (Å²) < 4.78 is 23.2. The normalized spacial score (nSPS) is 10.9. The lowest BCUT2D eigenvalue weighted by atomic mass is 10.3. The molecule has 1 aromatic rings. The Morgan fingerprint density at radius 3 is 2.39 bits per heavy atom. The smallest absolute Gasteiger partial charge is 0.123 e. The molecule has 1 rings (SSSR count). The zero-order chi connectivity index (χ0) is 13.2. The second kappa shape index (κ2) is 8.85. The highest BCUT2D eigenvalue weighted by Gasteiger charge is 2.03. The lowest BCUT2D eigenvalue weighted by Gasteiger charge is -2.21. The highest BCUT2D eigenvalue weighted by molar-refractivity contribution is 5.21. The number of hydrogen-bond acceptors (Lipinski definition) is 4. The second-order valence-corrected chi connectivity index (χ2v) is 3.93. The van der Waals surface area contributed by atoms with Crippen molar-refractivity contribution >= 4 is 0 Å². The van der Waals surface area contributed by atoms with Crippen molar-refractivity contribution in [2.75, 3.05) is 46.5 Å². The summed E-state index contributed by atoms with van der Waals surface area (Å²) in [6.45, 7) is 4.26. The molecular formula is C13H21FN2O2. The predicted molar refractivity (Wildman–Crippen MR) is 69.3 cm³/mol. The number of rotatable bonds is 9. The van der Waals surface area contributed by atoms with E-state index in [2.05, 4.69) is 4.90 Å². The van der Waals surface area contributed by atoms with Crippen LogP contribution >= 0.6 is 0 Å². The van der Waals surface area contributed by atoms with E-state index >= 15 is 0 Å². The first-order chi connectivity index (χ1) is 8.76. The Morgan fingerprint density at radius 1 is 1.11 bits per heavy atom. The van der Waals surface area contributed by atoms with Gasteiger partial charge in [-0.05, 0) is 24.3 Å². The molecule has 0 saturated carbocycles. The van der Waals surface area contributed by atoms with Gasteiger partial charge in [0.05, 0.1) is 6.61 Å². The van der Waals surface area contributed by atoms with E-state index in [1.165, 1.54) is 12.1 Å². The summed E-state index contributed by atoms with van der Waals surface area (Å²) in [6, 6.07) is 6.02. The van der Waals surface area contributed by atoms with Crippen molar-refractivity contribution in [3.05, 3.63) is 30.1 Å². The van der Waals surface area contributed by atoms with Crippen LogP contribution in [0, 0.1) is 5.82 Å². The summed E-state index contributed by atoms with van der Waals surface area (Å²) in [4.78, 5) is 2.17. The third-order valence-electron chi connectivity index (χ3n) is 2.55. The molecule has 0 saturated heterocycles. The van der Waals surface area contributed by atoms with Gasteiger partial charge in [-0.2, -0.15) is 0 Å². The molecule has 4 nitrogen and oxygen atoms in total. The maximum absolute atomic E-state index is 12.7. The molecule has 5 heteroatoms. The van der Waals surface area contributed by atoms with Crippen LogP contribution < -0.4 is 10.5 Å². The van der Waals surface area contributed by atoms with E-state index in [1.807, 2.05) is 0 Å². The highest BCUT2D eigenvalue weighted by atomic mass is 19.1. The Hall–Kier alpha value is -1.17. The standard InChI is InChI=1S/C13H21FN2O2/c1-17-10-8-16(7-6-15)9-11-18-13-4-2-12(14)3-5-13/h2-5H,6-11,15H2,1H3. The third kappa shape index (κ3) is 5.95. The van der Waals surface area contributed by atoms with Crippen LogP contribution in [0.3, 0.4) is 0 Å². The van der Waals surface area contributed by atoms with Gasteiger partial charge >= 0.3 is 0 Å². The Labute approximate surface area is 107 Å². The summed E-state index contributed by atoms with van der Waals surface area (Å²) in [5.41, 5.74) is 5.54. The maximum atomic E-state index is 12.7. The van der Waals surface area contributed by atoms with E-state index in [1.54, 1.807) is 19.2 Å². The van der Waals surface area contributed by atoms with Crippen molar-refractivity contribution in [2.45, 2.75) is 0 Å². The molecule has 1 aromatic carbocycles. The van der Waals surface area contributed by atoms with E-state index in [0.717, 1.165) is 19.6 Å². The molecule has 0 radical (unpaired) electrons. The molecule has 0 amide bonds. The number of nitrogens with zero attached hydrogens (tertiary/aromatic N) is 1. The molecule has 0 spiro atoms.